The summed E-state index contributed by atoms with van der Waals surface area (Å²) < 4.78 is 7.67. The van der Waals surface area contributed by atoms with Crippen LogP contribution in [0.15, 0.2) is 48.8 Å². The molecule has 180 valence electrons. The highest BCUT2D eigenvalue weighted by Gasteiger charge is 2.22. The monoisotopic (exact) mass is 468 g/mol. The van der Waals surface area contributed by atoms with Gasteiger partial charge >= 0.3 is 0 Å². The Labute approximate surface area is 206 Å². The minimum absolute atomic E-state index is 0.0336. The van der Waals surface area contributed by atoms with Crippen LogP contribution in [0, 0.1) is 6.92 Å². The van der Waals surface area contributed by atoms with Crippen molar-refractivity contribution in [2.24, 2.45) is 0 Å². The lowest BCUT2D eigenvalue weighted by Gasteiger charge is -2.19. The number of ether oxygens (including phenoxy) is 1. The van der Waals surface area contributed by atoms with E-state index in [9.17, 15) is 4.79 Å². The molecule has 4 heterocycles. The number of Topliss-reactive ketones (excluding diaryl/α,β-unsaturated/α-hetero) is 1. The molecule has 6 nitrogen and oxygen atoms in total. The van der Waals surface area contributed by atoms with Crippen molar-refractivity contribution in [3.63, 3.8) is 0 Å². The predicted octanol–water partition coefficient (Wildman–Crippen LogP) is 6.28. The van der Waals surface area contributed by atoms with Crippen molar-refractivity contribution in [1.29, 1.82) is 0 Å². The van der Waals surface area contributed by atoms with Crippen LogP contribution >= 0.6 is 0 Å². The van der Waals surface area contributed by atoms with Crippen molar-refractivity contribution in [3.05, 3.63) is 76.7 Å². The summed E-state index contributed by atoms with van der Waals surface area (Å²) in [6, 6.07) is 12.4. The van der Waals surface area contributed by atoms with Gasteiger partial charge in [-0.25, -0.2) is 9.97 Å². The Bertz CT molecular complexity index is 1400. The molecule has 1 aliphatic heterocycles. The van der Waals surface area contributed by atoms with Gasteiger partial charge in [0.2, 0.25) is 0 Å². The molecule has 6 heteroatoms. The number of anilines is 2. The largest absolute Gasteiger partial charge is 0.381 e. The number of hydrogen-bond acceptors (Lipinski definition) is 5. The maximum atomic E-state index is 12.9. The predicted molar refractivity (Wildman–Crippen MR) is 140 cm³/mol. The number of rotatable bonds is 7. The van der Waals surface area contributed by atoms with Crippen LogP contribution in [0.4, 0.5) is 11.5 Å². The number of carbonyl (C=O) groups is 1. The van der Waals surface area contributed by atoms with E-state index in [1.165, 1.54) is 11.1 Å². The first-order valence-electron chi connectivity index (χ1n) is 12.5. The van der Waals surface area contributed by atoms with Gasteiger partial charge in [-0.1, -0.05) is 26.0 Å². The molecular weight excluding hydrogens is 436 g/mol. The molecule has 5 rings (SSSR count). The third kappa shape index (κ3) is 4.34. The zero-order valence-electron chi connectivity index (χ0n) is 20.9. The standard InChI is InChI=1S/C29H32N4O2/c1-5-21-23(26-16-30-28-15-18(3)11-13-33(26)28)7-9-25(29(21)19(4)34)32-27-10-8-22(24(6-2)31-27)20-12-14-35-17-20/h7-11,13,15-16,20H,5-6,12,14,17H2,1-4H3,(H,31,32)/t20-/m1/s1. The minimum Gasteiger partial charge on any atom is -0.381 e. The van der Waals surface area contributed by atoms with Gasteiger partial charge in [0, 0.05) is 35.5 Å². The number of aryl methyl sites for hydroxylation is 2. The molecule has 1 atom stereocenters. The fourth-order valence-corrected chi connectivity index (χ4v) is 5.20. The summed E-state index contributed by atoms with van der Waals surface area (Å²) in [5.74, 6) is 1.21. The number of nitrogens with zero attached hydrogens (tertiary/aromatic N) is 3. The SMILES string of the molecule is CCc1nc(Nc2ccc(-c3cnc4cc(C)ccn34)c(CC)c2C(C)=O)ccc1[C@@H]1CCOC1. The number of aromatic nitrogens is 3. The number of fused-ring (bicyclic) bond motifs is 1. The van der Waals surface area contributed by atoms with Crippen molar-refractivity contribution in [3.8, 4) is 11.3 Å². The Morgan fingerprint density at radius 3 is 2.74 bits per heavy atom. The maximum Gasteiger partial charge on any atom is 0.162 e. The lowest BCUT2D eigenvalue weighted by Crippen LogP contribution is -2.09. The molecule has 0 radical (unpaired) electrons. The fourth-order valence-electron chi connectivity index (χ4n) is 5.20. The van der Waals surface area contributed by atoms with Crippen LogP contribution in [0.3, 0.4) is 0 Å². The van der Waals surface area contributed by atoms with Gasteiger partial charge in [0.25, 0.3) is 0 Å². The molecular formula is C29H32N4O2. The first-order valence-corrected chi connectivity index (χ1v) is 12.5. The van der Waals surface area contributed by atoms with E-state index in [4.69, 9.17) is 9.72 Å². The summed E-state index contributed by atoms with van der Waals surface area (Å²) >= 11 is 0. The summed E-state index contributed by atoms with van der Waals surface area (Å²) in [4.78, 5) is 22.4. The maximum absolute atomic E-state index is 12.9. The Kier molecular flexibility index (Phi) is 6.39. The second-order valence-corrected chi connectivity index (χ2v) is 9.27. The van der Waals surface area contributed by atoms with E-state index >= 15 is 0 Å². The number of benzene rings is 1. The molecule has 1 fully saturated rings. The van der Waals surface area contributed by atoms with Crippen LogP contribution < -0.4 is 5.32 Å². The average Bonchev–Trinajstić information content (AvgIpc) is 3.53. The number of ketones is 1. The van der Waals surface area contributed by atoms with Crippen molar-refractivity contribution in [2.45, 2.75) is 52.9 Å². The van der Waals surface area contributed by atoms with E-state index in [1.807, 2.05) is 24.5 Å². The van der Waals surface area contributed by atoms with E-state index < -0.39 is 0 Å². The fraction of sp³-hybridized carbons (Fsp3) is 0.345. The smallest absolute Gasteiger partial charge is 0.162 e. The molecule has 35 heavy (non-hydrogen) atoms. The molecule has 3 aromatic heterocycles. The van der Waals surface area contributed by atoms with Crippen LogP contribution in [-0.4, -0.2) is 33.4 Å². The number of carbonyl (C=O) groups excluding carboxylic acids is 1. The molecule has 0 saturated carbocycles. The summed E-state index contributed by atoms with van der Waals surface area (Å²) in [5.41, 5.74) is 8.95. The van der Waals surface area contributed by atoms with Gasteiger partial charge in [0.1, 0.15) is 11.5 Å². The molecule has 1 saturated heterocycles. The Morgan fingerprint density at radius 1 is 1.17 bits per heavy atom. The van der Waals surface area contributed by atoms with Crippen LogP contribution in [0.5, 0.6) is 0 Å². The van der Waals surface area contributed by atoms with E-state index in [0.717, 1.165) is 72.1 Å². The normalized spacial score (nSPS) is 15.6. The lowest BCUT2D eigenvalue weighted by molar-refractivity contribution is 0.101. The van der Waals surface area contributed by atoms with Crippen LogP contribution in [0.25, 0.3) is 16.9 Å². The highest BCUT2D eigenvalue weighted by molar-refractivity contribution is 6.03. The van der Waals surface area contributed by atoms with Gasteiger partial charge in [-0.2, -0.15) is 0 Å². The Balaban J connectivity index is 1.56. The highest BCUT2D eigenvalue weighted by atomic mass is 16.5. The van der Waals surface area contributed by atoms with Gasteiger partial charge in [0.15, 0.2) is 5.78 Å². The number of pyridine rings is 2. The molecule has 0 amide bonds. The average molecular weight is 469 g/mol. The third-order valence-corrected chi connectivity index (χ3v) is 6.94. The third-order valence-electron chi connectivity index (χ3n) is 6.94. The quantitative estimate of drug-likeness (QED) is 0.323. The van der Waals surface area contributed by atoms with Gasteiger partial charge in [-0.3, -0.25) is 9.20 Å². The van der Waals surface area contributed by atoms with Crippen molar-refractivity contribution >= 4 is 22.9 Å². The topological polar surface area (TPSA) is 68.5 Å². The molecule has 1 N–H and O–H groups in total. The highest BCUT2D eigenvalue weighted by Crippen LogP contribution is 2.35. The van der Waals surface area contributed by atoms with Gasteiger partial charge in [0.05, 0.1) is 24.2 Å². The number of nitrogens with one attached hydrogen (secondary N) is 1. The summed E-state index contributed by atoms with van der Waals surface area (Å²) in [6.45, 7) is 9.50. The van der Waals surface area contributed by atoms with Gasteiger partial charge < -0.3 is 10.1 Å². The number of hydrogen-bond donors (Lipinski definition) is 1. The Hall–Kier alpha value is -3.51. The summed E-state index contributed by atoms with van der Waals surface area (Å²) in [7, 11) is 0. The van der Waals surface area contributed by atoms with Gasteiger partial charge in [-0.05, 0) is 74.1 Å². The van der Waals surface area contributed by atoms with E-state index in [0.29, 0.717) is 11.5 Å². The molecule has 0 spiro atoms. The second-order valence-electron chi connectivity index (χ2n) is 9.27. The van der Waals surface area contributed by atoms with Crippen LogP contribution in [0.1, 0.15) is 65.9 Å². The van der Waals surface area contributed by atoms with Gasteiger partial charge in [-0.15, -0.1) is 0 Å². The molecule has 1 aromatic carbocycles. The molecule has 0 bridgehead atoms. The molecule has 0 aliphatic carbocycles. The zero-order valence-corrected chi connectivity index (χ0v) is 20.9. The number of imidazole rings is 1. The van der Waals surface area contributed by atoms with E-state index in [1.54, 1.807) is 6.92 Å². The van der Waals surface area contributed by atoms with Crippen molar-refractivity contribution < 1.29 is 9.53 Å². The van der Waals surface area contributed by atoms with Crippen molar-refractivity contribution in [1.82, 2.24) is 14.4 Å². The molecule has 0 unspecified atom stereocenters. The zero-order chi connectivity index (χ0) is 24.5. The van der Waals surface area contributed by atoms with E-state index in [2.05, 4.69) is 59.7 Å². The van der Waals surface area contributed by atoms with Crippen molar-refractivity contribution in [2.75, 3.05) is 18.5 Å². The molecule has 1 aliphatic rings. The first-order chi connectivity index (χ1) is 17.0. The molecule has 4 aromatic rings. The lowest BCUT2D eigenvalue weighted by atomic mass is 9.93. The second kappa shape index (κ2) is 9.62. The van der Waals surface area contributed by atoms with E-state index in [-0.39, 0.29) is 5.78 Å². The Morgan fingerprint density at radius 2 is 2.03 bits per heavy atom. The minimum atomic E-state index is 0.0336. The summed E-state index contributed by atoms with van der Waals surface area (Å²) in [5, 5.41) is 3.45. The summed E-state index contributed by atoms with van der Waals surface area (Å²) in [6.07, 6.45) is 6.56. The van der Waals surface area contributed by atoms with Crippen LogP contribution in [0.2, 0.25) is 0 Å². The van der Waals surface area contributed by atoms with Crippen LogP contribution in [-0.2, 0) is 17.6 Å². The first kappa shape index (κ1) is 23.2.